The molecule has 0 bridgehead atoms. The number of carbonyl (C=O) groups excluding carboxylic acids is 3. The first-order valence-electron chi connectivity index (χ1n) is 9.14. The van der Waals surface area contributed by atoms with Gasteiger partial charge in [0, 0.05) is 44.2 Å². The zero-order valence-corrected chi connectivity index (χ0v) is 16.0. The van der Waals surface area contributed by atoms with E-state index in [1.807, 2.05) is 26.0 Å². The Bertz CT molecular complexity index is 896. The number of nitrogens with zero attached hydrogens (tertiary/aromatic N) is 2. The predicted molar refractivity (Wildman–Crippen MR) is 104 cm³/mol. The van der Waals surface area contributed by atoms with E-state index in [0.29, 0.717) is 42.9 Å². The molecule has 0 saturated carbocycles. The van der Waals surface area contributed by atoms with E-state index in [1.54, 1.807) is 40.1 Å². The van der Waals surface area contributed by atoms with Crippen molar-refractivity contribution in [1.82, 2.24) is 9.80 Å². The monoisotopic (exact) mass is 364 g/mol. The van der Waals surface area contributed by atoms with Gasteiger partial charge in [0.2, 0.25) is 5.91 Å². The molecule has 1 heterocycles. The lowest BCUT2D eigenvalue weighted by Gasteiger charge is -2.34. The zero-order chi connectivity index (χ0) is 19.6. The van der Waals surface area contributed by atoms with Crippen LogP contribution in [-0.2, 0) is 4.79 Å². The van der Waals surface area contributed by atoms with Crippen LogP contribution in [-0.4, -0.2) is 53.6 Å². The van der Waals surface area contributed by atoms with E-state index in [-0.39, 0.29) is 17.6 Å². The third-order valence-corrected chi connectivity index (χ3v) is 5.18. The Morgan fingerprint density at radius 3 is 1.96 bits per heavy atom. The molecule has 27 heavy (non-hydrogen) atoms. The van der Waals surface area contributed by atoms with Gasteiger partial charge < -0.3 is 9.80 Å². The van der Waals surface area contributed by atoms with Crippen molar-refractivity contribution in [2.75, 3.05) is 26.2 Å². The second-order valence-corrected chi connectivity index (χ2v) is 6.97. The summed E-state index contributed by atoms with van der Waals surface area (Å²) >= 11 is 0. The number of hydrogen-bond donors (Lipinski definition) is 0. The molecule has 140 valence electrons. The van der Waals surface area contributed by atoms with Crippen molar-refractivity contribution in [2.24, 2.45) is 0 Å². The summed E-state index contributed by atoms with van der Waals surface area (Å²) < 4.78 is 0. The lowest BCUT2D eigenvalue weighted by atomic mass is 9.95. The summed E-state index contributed by atoms with van der Waals surface area (Å²) in [4.78, 5) is 41.0. The molecule has 2 aromatic rings. The Kier molecular flexibility index (Phi) is 5.40. The van der Waals surface area contributed by atoms with Gasteiger partial charge in [-0.05, 0) is 37.1 Å². The fourth-order valence-electron chi connectivity index (χ4n) is 3.30. The van der Waals surface area contributed by atoms with E-state index in [1.165, 1.54) is 6.92 Å². The van der Waals surface area contributed by atoms with Gasteiger partial charge >= 0.3 is 0 Å². The number of hydrogen-bond acceptors (Lipinski definition) is 3. The van der Waals surface area contributed by atoms with Gasteiger partial charge in [-0.1, -0.05) is 30.3 Å². The van der Waals surface area contributed by atoms with Crippen molar-refractivity contribution in [2.45, 2.75) is 20.8 Å². The maximum Gasteiger partial charge on any atom is 0.254 e. The van der Waals surface area contributed by atoms with Gasteiger partial charge in [-0.3, -0.25) is 14.4 Å². The second-order valence-electron chi connectivity index (χ2n) is 6.97. The predicted octanol–water partition coefficient (Wildman–Crippen LogP) is 2.84. The highest BCUT2D eigenvalue weighted by molar-refractivity contribution is 6.15. The summed E-state index contributed by atoms with van der Waals surface area (Å²) in [5, 5.41) is 0. The lowest BCUT2D eigenvalue weighted by molar-refractivity contribution is -0.130. The first-order valence-corrected chi connectivity index (χ1v) is 9.14. The average Bonchev–Trinajstić information content (AvgIpc) is 2.69. The molecule has 0 radical (unpaired) electrons. The van der Waals surface area contributed by atoms with Crippen LogP contribution in [0.1, 0.15) is 44.3 Å². The Hall–Kier alpha value is -2.95. The molecule has 0 unspecified atom stereocenters. The summed E-state index contributed by atoms with van der Waals surface area (Å²) in [5.74, 6) is -0.289. The van der Waals surface area contributed by atoms with Gasteiger partial charge in [0.1, 0.15) is 0 Å². The summed E-state index contributed by atoms with van der Waals surface area (Å²) in [6.45, 7) is 7.51. The maximum absolute atomic E-state index is 13.0. The van der Waals surface area contributed by atoms with E-state index in [0.717, 1.165) is 11.1 Å². The van der Waals surface area contributed by atoms with Crippen LogP contribution >= 0.6 is 0 Å². The average molecular weight is 364 g/mol. The van der Waals surface area contributed by atoms with Gasteiger partial charge in [0.15, 0.2) is 5.78 Å². The van der Waals surface area contributed by atoms with Crippen LogP contribution in [0.2, 0.25) is 0 Å². The Morgan fingerprint density at radius 2 is 1.37 bits per heavy atom. The summed E-state index contributed by atoms with van der Waals surface area (Å²) in [6, 6.07) is 12.6. The standard InChI is InChI=1S/C22H24N2O3/c1-15-8-9-18(14-16(15)2)21(26)19-6-4-5-7-20(19)22(27)24-12-10-23(11-13-24)17(3)25/h4-9,14H,10-13H2,1-3H3. The fourth-order valence-corrected chi connectivity index (χ4v) is 3.30. The number of ketones is 1. The third kappa shape index (κ3) is 3.92. The van der Waals surface area contributed by atoms with Crippen molar-refractivity contribution < 1.29 is 14.4 Å². The lowest BCUT2D eigenvalue weighted by Crippen LogP contribution is -2.50. The third-order valence-electron chi connectivity index (χ3n) is 5.18. The number of carbonyl (C=O) groups is 3. The summed E-state index contributed by atoms with van der Waals surface area (Å²) in [6.07, 6.45) is 0. The summed E-state index contributed by atoms with van der Waals surface area (Å²) in [5.41, 5.74) is 3.58. The van der Waals surface area contributed by atoms with Gasteiger partial charge in [0.05, 0.1) is 5.56 Å². The number of rotatable bonds is 3. The minimum atomic E-state index is -0.161. The molecule has 5 heteroatoms. The smallest absolute Gasteiger partial charge is 0.254 e. The van der Waals surface area contributed by atoms with E-state index in [4.69, 9.17) is 0 Å². The first-order chi connectivity index (χ1) is 12.9. The van der Waals surface area contributed by atoms with Crippen LogP contribution in [0, 0.1) is 13.8 Å². The fraction of sp³-hybridized carbons (Fsp3) is 0.318. The van der Waals surface area contributed by atoms with Crippen LogP contribution in [0.15, 0.2) is 42.5 Å². The summed E-state index contributed by atoms with van der Waals surface area (Å²) in [7, 11) is 0. The second kappa shape index (κ2) is 7.74. The molecule has 1 aliphatic heterocycles. The zero-order valence-electron chi connectivity index (χ0n) is 16.0. The van der Waals surface area contributed by atoms with Crippen LogP contribution in [0.4, 0.5) is 0 Å². The highest BCUT2D eigenvalue weighted by Gasteiger charge is 2.26. The van der Waals surface area contributed by atoms with Gasteiger partial charge in [0.25, 0.3) is 5.91 Å². The Morgan fingerprint density at radius 1 is 0.778 bits per heavy atom. The van der Waals surface area contributed by atoms with Crippen LogP contribution < -0.4 is 0 Å². The largest absolute Gasteiger partial charge is 0.339 e. The van der Waals surface area contributed by atoms with Crippen LogP contribution in [0.5, 0.6) is 0 Å². The van der Waals surface area contributed by atoms with Crippen LogP contribution in [0.25, 0.3) is 0 Å². The number of piperazine rings is 1. The molecule has 0 aliphatic carbocycles. The highest BCUT2D eigenvalue weighted by Crippen LogP contribution is 2.19. The Labute approximate surface area is 159 Å². The maximum atomic E-state index is 13.0. The molecule has 0 atom stereocenters. The topological polar surface area (TPSA) is 57.7 Å². The van der Waals surface area contributed by atoms with E-state index < -0.39 is 0 Å². The van der Waals surface area contributed by atoms with Crippen molar-refractivity contribution in [3.05, 3.63) is 70.3 Å². The van der Waals surface area contributed by atoms with Crippen molar-refractivity contribution >= 4 is 17.6 Å². The number of benzene rings is 2. The molecule has 0 spiro atoms. The van der Waals surface area contributed by atoms with Crippen molar-refractivity contribution in [3.8, 4) is 0 Å². The van der Waals surface area contributed by atoms with E-state index in [2.05, 4.69) is 0 Å². The van der Waals surface area contributed by atoms with Crippen molar-refractivity contribution in [3.63, 3.8) is 0 Å². The molecule has 1 fully saturated rings. The number of amides is 2. The SMILES string of the molecule is CC(=O)N1CCN(C(=O)c2ccccc2C(=O)c2ccc(C)c(C)c2)CC1. The van der Waals surface area contributed by atoms with Gasteiger partial charge in [-0.25, -0.2) is 0 Å². The van der Waals surface area contributed by atoms with E-state index in [9.17, 15) is 14.4 Å². The molecule has 2 amide bonds. The minimum Gasteiger partial charge on any atom is -0.339 e. The molecule has 0 aromatic heterocycles. The quantitative estimate of drug-likeness (QED) is 0.787. The Balaban J connectivity index is 1.85. The minimum absolute atomic E-state index is 0.0208. The number of aryl methyl sites for hydroxylation is 2. The van der Waals surface area contributed by atoms with Gasteiger partial charge in [-0.15, -0.1) is 0 Å². The normalized spacial score (nSPS) is 14.2. The molecule has 0 N–H and O–H groups in total. The first kappa shape index (κ1) is 18.8. The molecule has 1 saturated heterocycles. The highest BCUT2D eigenvalue weighted by atomic mass is 16.2. The molecule has 1 aliphatic rings. The molecular weight excluding hydrogens is 340 g/mol. The molecule has 3 rings (SSSR count). The molecular formula is C22H24N2O3. The van der Waals surface area contributed by atoms with Gasteiger partial charge in [-0.2, -0.15) is 0 Å². The van der Waals surface area contributed by atoms with Crippen LogP contribution in [0.3, 0.4) is 0 Å². The van der Waals surface area contributed by atoms with E-state index >= 15 is 0 Å². The molecule has 5 nitrogen and oxygen atoms in total. The molecule has 2 aromatic carbocycles. The van der Waals surface area contributed by atoms with Crippen molar-refractivity contribution in [1.29, 1.82) is 0 Å².